The average molecular weight is 242 g/mol. The van der Waals surface area contributed by atoms with E-state index in [4.69, 9.17) is 5.11 Å². The lowest BCUT2D eigenvalue weighted by Gasteiger charge is -2.14. The fourth-order valence-corrected chi connectivity index (χ4v) is 1.75. The third-order valence-corrected chi connectivity index (χ3v) is 2.98. The minimum Gasteiger partial charge on any atom is -0.506 e. The summed E-state index contributed by atoms with van der Waals surface area (Å²) in [5.74, 6) is 0.199. The lowest BCUT2D eigenvalue weighted by molar-refractivity contribution is 0.471. The quantitative estimate of drug-likeness (QED) is 0.866. The van der Waals surface area contributed by atoms with Crippen molar-refractivity contribution in [3.8, 4) is 5.75 Å². The summed E-state index contributed by atoms with van der Waals surface area (Å²) in [5, 5.41) is 12.6. The van der Waals surface area contributed by atoms with Gasteiger partial charge in [-0.25, -0.2) is 0 Å². The van der Waals surface area contributed by atoms with Gasteiger partial charge in [-0.1, -0.05) is 29.8 Å². The Hall–Kier alpha value is -1.87. The van der Waals surface area contributed by atoms with Gasteiger partial charge in [0.15, 0.2) is 0 Å². The molecule has 2 aromatic rings. The van der Waals surface area contributed by atoms with E-state index < -0.39 is 0 Å². The number of aromatic hydroxyl groups is 1. The molecule has 0 aliphatic heterocycles. The van der Waals surface area contributed by atoms with Gasteiger partial charge in [0.1, 0.15) is 5.75 Å². The summed E-state index contributed by atoms with van der Waals surface area (Å²) in [6.07, 6.45) is 1.47. The van der Waals surface area contributed by atoms with Crippen molar-refractivity contribution in [2.75, 3.05) is 0 Å². The highest BCUT2D eigenvalue weighted by atomic mass is 16.3. The first-order valence-electron chi connectivity index (χ1n) is 6.09. The van der Waals surface area contributed by atoms with Gasteiger partial charge >= 0.3 is 0 Å². The van der Waals surface area contributed by atoms with Gasteiger partial charge < -0.3 is 10.4 Å². The molecule has 0 saturated carbocycles. The number of hydrogen-bond acceptors (Lipinski definition) is 3. The summed E-state index contributed by atoms with van der Waals surface area (Å²) in [6.45, 7) is 4.91. The zero-order valence-electron chi connectivity index (χ0n) is 10.7. The fourth-order valence-electron chi connectivity index (χ4n) is 1.75. The second-order valence-electron chi connectivity index (χ2n) is 4.52. The van der Waals surface area contributed by atoms with E-state index in [0.717, 1.165) is 5.69 Å². The number of aromatic nitrogens is 1. The average Bonchev–Trinajstić information content (AvgIpc) is 2.38. The Balaban J connectivity index is 1.93. The van der Waals surface area contributed by atoms with Crippen LogP contribution in [0.1, 0.15) is 29.8 Å². The summed E-state index contributed by atoms with van der Waals surface area (Å²) in [4.78, 5) is 4.15. The first-order valence-corrected chi connectivity index (χ1v) is 6.09. The lowest BCUT2D eigenvalue weighted by Crippen LogP contribution is -2.18. The van der Waals surface area contributed by atoms with Crippen molar-refractivity contribution >= 4 is 0 Å². The van der Waals surface area contributed by atoms with Crippen LogP contribution < -0.4 is 5.32 Å². The number of benzene rings is 1. The molecule has 1 aromatic heterocycles. The molecular formula is C15H18N2O. The van der Waals surface area contributed by atoms with Gasteiger partial charge in [-0.15, -0.1) is 0 Å². The van der Waals surface area contributed by atoms with Crippen LogP contribution >= 0.6 is 0 Å². The van der Waals surface area contributed by atoms with E-state index in [9.17, 15) is 0 Å². The molecule has 1 heterocycles. The summed E-state index contributed by atoms with van der Waals surface area (Å²) in [6, 6.07) is 12.3. The molecule has 0 saturated heterocycles. The highest BCUT2D eigenvalue weighted by Gasteiger charge is 2.04. The van der Waals surface area contributed by atoms with Crippen molar-refractivity contribution in [3.63, 3.8) is 0 Å². The molecule has 0 amide bonds. The molecule has 0 aliphatic rings. The molecule has 2 N–H and O–H groups in total. The number of nitrogens with one attached hydrogen (secondary N) is 1. The van der Waals surface area contributed by atoms with E-state index in [1.165, 1.54) is 17.3 Å². The molecule has 0 spiro atoms. The highest BCUT2D eigenvalue weighted by Crippen LogP contribution is 2.14. The molecule has 3 heteroatoms. The maximum atomic E-state index is 9.16. The Morgan fingerprint density at radius 1 is 1.17 bits per heavy atom. The van der Waals surface area contributed by atoms with Gasteiger partial charge in [0.2, 0.25) is 0 Å². The van der Waals surface area contributed by atoms with Crippen LogP contribution in [-0.2, 0) is 6.54 Å². The first kappa shape index (κ1) is 12.6. The molecule has 0 fully saturated rings. The Kier molecular flexibility index (Phi) is 3.95. The fraction of sp³-hybridized carbons (Fsp3) is 0.267. The van der Waals surface area contributed by atoms with Gasteiger partial charge in [0, 0.05) is 12.6 Å². The molecule has 0 bridgehead atoms. The molecule has 2 rings (SSSR count). The normalized spacial score (nSPS) is 12.3. The van der Waals surface area contributed by atoms with E-state index in [1.54, 1.807) is 6.07 Å². The van der Waals surface area contributed by atoms with Crippen LogP contribution in [0.15, 0.2) is 42.6 Å². The number of rotatable bonds is 4. The lowest BCUT2D eigenvalue weighted by atomic mass is 10.1. The zero-order valence-corrected chi connectivity index (χ0v) is 10.7. The summed E-state index contributed by atoms with van der Waals surface area (Å²) in [7, 11) is 0. The smallest absolute Gasteiger partial charge is 0.133 e. The van der Waals surface area contributed by atoms with Gasteiger partial charge in [-0.3, -0.25) is 4.98 Å². The molecule has 0 radical (unpaired) electrons. The SMILES string of the molecule is Cc1ccc(C(C)NCc2ccc(O)cn2)cc1. The molecular weight excluding hydrogens is 224 g/mol. The Morgan fingerprint density at radius 3 is 2.50 bits per heavy atom. The van der Waals surface area contributed by atoms with Crippen LogP contribution in [0.25, 0.3) is 0 Å². The van der Waals surface area contributed by atoms with Crippen molar-refractivity contribution in [1.29, 1.82) is 0 Å². The minimum atomic E-state index is 0.199. The monoisotopic (exact) mass is 242 g/mol. The van der Waals surface area contributed by atoms with E-state index >= 15 is 0 Å². The standard InChI is InChI=1S/C15H18N2O/c1-11-3-5-13(6-4-11)12(2)16-9-14-7-8-15(18)10-17-14/h3-8,10,12,16,18H,9H2,1-2H3. The molecule has 1 unspecified atom stereocenters. The number of nitrogens with zero attached hydrogens (tertiary/aromatic N) is 1. The van der Waals surface area contributed by atoms with Crippen LogP contribution in [-0.4, -0.2) is 10.1 Å². The Morgan fingerprint density at radius 2 is 1.89 bits per heavy atom. The van der Waals surface area contributed by atoms with Crippen LogP contribution in [0.4, 0.5) is 0 Å². The maximum absolute atomic E-state index is 9.16. The van der Waals surface area contributed by atoms with Crippen LogP contribution in [0, 0.1) is 6.92 Å². The van der Waals surface area contributed by atoms with Crippen molar-refractivity contribution < 1.29 is 5.11 Å². The zero-order chi connectivity index (χ0) is 13.0. The van der Waals surface area contributed by atoms with Crippen molar-refractivity contribution in [1.82, 2.24) is 10.3 Å². The number of hydrogen-bond donors (Lipinski definition) is 2. The van der Waals surface area contributed by atoms with Crippen LogP contribution in [0.5, 0.6) is 5.75 Å². The van der Waals surface area contributed by atoms with Crippen molar-refractivity contribution in [2.24, 2.45) is 0 Å². The number of aryl methyl sites for hydroxylation is 1. The summed E-state index contributed by atoms with van der Waals surface area (Å²) < 4.78 is 0. The first-order chi connectivity index (χ1) is 8.65. The number of pyridine rings is 1. The summed E-state index contributed by atoms with van der Waals surface area (Å²) >= 11 is 0. The van der Waals surface area contributed by atoms with Gasteiger partial charge in [-0.05, 0) is 31.5 Å². The topological polar surface area (TPSA) is 45.1 Å². The van der Waals surface area contributed by atoms with E-state index in [0.29, 0.717) is 6.54 Å². The largest absolute Gasteiger partial charge is 0.506 e. The minimum absolute atomic E-state index is 0.199. The highest BCUT2D eigenvalue weighted by molar-refractivity contribution is 5.24. The van der Waals surface area contributed by atoms with Crippen LogP contribution in [0.3, 0.4) is 0 Å². The molecule has 0 aliphatic carbocycles. The predicted octanol–water partition coefficient (Wildman–Crippen LogP) is 2.95. The van der Waals surface area contributed by atoms with Gasteiger partial charge in [-0.2, -0.15) is 0 Å². The second-order valence-corrected chi connectivity index (χ2v) is 4.52. The maximum Gasteiger partial charge on any atom is 0.133 e. The van der Waals surface area contributed by atoms with E-state index in [2.05, 4.69) is 48.4 Å². The van der Waals surface area contributed by atoms with Crippen LogP contribution in [0.2, 0.25) is 0 Å². The van der Waals surface area contributed by atoms with Crippen molar-refractivity contribution in [2.45, 2.75) is 26.4 Å². The van der Waals surface area contributed by atoms with Gasteiger partial charge in [0.25, 0.3) is 0 Å². The Labute approximate surface area is 108 Å². The van der Waals surface area contributed by atoms with E-state index in [1.807, 2.05) is 6.07 Å². The molecule has 18 heavy (non-hydrogen) atoms. The van der Waals surface area contributed by atoms with E-state index in [-0.39, 0.29) is 11.8 Å². The third-order valence-electron chi connectivity index (χ3n) is 2.98. The van der Waals surface area contributed by atoms with Crippen molar-refractivity contribution in [3.05, 3.63) is 59.4 Å². The Bertz CT molecular complexity index is 491. The molecule has 1 atom stereocenters. The third kappa shape index (κ3) is 3.31. The second kappa shape index (κ2) is 5.65. The van der Waals surface area contributed by atoms with Gasteiger partial charge in [0.05, 0.1) is 11.9 Å². The predicted molar refractivity (Wildman–Crippen MR) is 72.3 cm³/mol. The summed E-state index contributed by atoms with van der Waals surface area (Å²) in [5.41, 5.74) is 3.46. The molecule has 94 valence electrons. The molecule has 3 nitrogen and oxygen atoms in total. The molecule has 1 aromatic carbocycles.